The van der Waals surface area contributed by atoms with Gasteiger partial charge in [-0.05, 0) is 38.8 Å². The maximum absolute atomic E-state index is 2.34. The van der Waals surface area contributed by atoms with Gasteiger partial charge in [0.15, 0.2) is 0 Å². The second-order valence-electron chi connectivity index (χ2n) is 3.70. The van der Waals surface area contributed by atoms with Crippen molar-refractivity contribution in [3.8, 4) is 0 Å². The molecule has 1 aliphatic carbocycles. The van der Waals surface area contributed by atoms with Crippen molar-refractivity contribution in [2.75, 3.05) is 20.6 Å². The van der Waals surface area contributed by atoms with Crippen molar-refractivity contribution >= 4 is 0 Å². The summed E-state index contributed by atoms with van der Waals surface area (Å²) in [5.74, 6) is 2.02. The van der Waals surface area contributed by atoms with Gasteiger partial charge in [0.05, 0.1) is 0 Å². The third-order valence-electron chi connectivity index (χ3n) is 2.09. The lowest BCUT2D eigenvalue weighted by Crippen LogP contribution is -2.31. The molecule has 0 saturated heterocycles. The summed E-state index contributed by atoms with van der Waals surface area (Å²) in [5.41, 5.74) is 0. The highest BCUT2D eigenvalue weighted by molar-refractivity contribution is 4.77. The molecular formula is C8H17N. The molecule has 9 heavy (non-hydrogen) atoms. The zero-order chi connectivity index (χ0) is 6.85. The Morgan fingerprint density at radius 3 is 2.22 bits per heavy atom. The van der Waals surface area contributed by atoms with Crippen LogP contribution in [-0.2, 0) is 0 Å². The quantitative estimate of drug-likeness (QED) is 0.544. The minimum absolute atomic E-state index is 1.01. The Kier molecular flexibility index (Phi) is 2.12. The van der Waals surface area contributed by atoms with Gasteiger partial charge in [-0.15, -0.1) is 0 Å². The van der Waals surface area contributed by atoms with E-state index in [2.05, 4.69) is 25.9 Å². The highest BCUT2D eigenvalue weighted by atomic mass is 15.1. The molecule has 0 amide bonds. The topological polar surface area (TPSA) is 3.24 Å². The van der Waals surface area contributed by atoms with Crippen molar-refractivity contribution in [3.63, 3.8) is 0 Å². The predicted octanol–water partition coefficient (Wildman–Crippen LogP) is 1.59. The lowest BCUT2D eigenvalue weighted by molar-refractivity contribution is 0.165. The van der Waals surface area contributed by atoms with Crippen LogP contribution >= 0.6 is 0 Å². The molecule has 0 aromatic rings. The molecule has 1 saturated carbocycles. The van der Waals surface area contributed by atoms with Gasteiger partial charge in [-0.25, -0.2) is 0 Å². The molecule has 0 N–H and O–H groups in total. The molecule has 54 valence electrons. The maximum atomic E-state index is 2.34. The smallest absolute Gasteiger partial charge is 0.000376 e. The fourth-order valence-corrected chi connectivity index (χ4v) is 1.73. The summed E-state index contributed by atoms with van der Waals surface area (Å²) >= 11 is 0. The molecule has 0 spiro atoms. The first-order valence-electron chi connectivity index (χ1n) is 3.83. The van der Waals surface area contributed by atoms with E-state index in [9.17, 15) is 0 Å². The molecule has 1 heteroatoms. The van der Waals surface area contributed by atoms with E-state index in [0.29, 0.717) is 0 Å². The standard InChI is InChI=1S/C8H17N/c1-7-4-8(5-7)6-9(2)3/h7-8H,4-6H2,1-3H3. The molecular weight excluding hydrogens is 110 g/mol. The van der Waals surface area contributed by atoms with Crippen molar-refractivity contribution in [2.24, 2.45) is 11.8 Å². The van der Waals surface area contributed by atoms with E-state index in [-0.39, 0.29) is 0 Å². The number of rotatable bonds is 2. The van der Waals surface area contributed by atoms with E-state index in [4.69, 9.17) is 0 Å². The van der Waals surface area contributed by atoms with Gasteiger partial charge in [-0.1, -0.05) is 6.92 Å². The highest BCUT2D eigenvalue weighted by Gasteiger charge is 2.24. The van der Waals surface area contributed by atoms with Crippen LogP contribution < -0.4 is 0 Å². The van der Waals surface area contributed by atoms with Gasteiger partial charge in [0.1, 0.15) is 0 Å². The van der Waals surface area contributed by atoms with Gasteiger partial charge in [0.2, 0.25) is 0 Å². The fraction of sp³-hybridized carbons (Fsp3) is 1.00. The Balaban J connectivity index is 2.04. The molecule has 0 heterocycles. The van der Waals surface area contributed by atoms with Crippen molar-refractivity contribution in [2.45, 2.75) is 19.8 Å². The highest BCUT2D eigenvalue weighted by Crippen LogP contribution is 2.32. The molecule has 1 fully saturated rings. The van der Waals surface area contributed by atoms with Crippen molar-refractivity contribution in [3.05, 3.63) is 0 Å². The van der Waals surface area contributed by atoms with Crippen LogP contribution in [0, 0.1) is 11.8 Å². The van der Waals surface area contributed by atoms with Gasteiger partial charge in [-0.3, -0.25) is 0 Å². The molecule has 0 aromatic carbocycles. The summed E-state index contributed by atoms with van der Waals surface area (Å²) < 4.78 is 0. The van der Waals surface area contributed by atoms with E-state index < -0.39 is 0 Å². The van der Waals surface area contributed by atoms with Crippen LogP contribution in [0.15, 0.2) is 0 Å². The molecule has 1 nitrogen and oxygen atoms in total. The van der Waals surface area contributed by atoms with Crippen LogP contribution in [0.25, 0.3) is 0 Å². The molecule has 1 rings (SSSR count). The van der Waals surface area contributed by atoms with Crippen LogP contribution in [0.2, 0.25) is 0 Å². The zero-order valence-corrected chi connectivity index (χ0v) is 6.72. The molecule has 0 bridgehead atoms. The number of hydrogen-bond donors (Lipinski definition) is 0. The monoisotopic (exact) mass is 127 g/mol. The van der Waals surface area contributed by atoms with E-state index in [0.717, 1.165) is 11.8 Å². The zero-order valence-electron chi connectivity index (χ0n) is 6.72. The first-order chi connectivity index (χ1) is 4.18. The first-order valence-corrected chi connectivity index (χ1v) is 3.83. The minimum Gasteiger partial charge on any atom is -0.309 e. The van der Waals surface area contributed by atoms with Crippen molar-refractivity contribution < 1.29 is 0 Å². The summed E-state index contributed by atoms with van der Waals surface area (Å²) in [4.78, 5) is 2.29. The van der Waals surface area contributed by atoms with E-state index in [1.165, 1.54) is 19.4 Å². The molecule has 0 atom stereocenters. The lowest BCUT2D eigenvalue weighted by Gasteiger charge is -2.34. The van der Waals surface area contributed by atoms with Gasteiger partial charge in [-0.2, -0.15) is 0 Å². The normalized spacial score (nSPS) is 34.7. The van der Waals surface area contributed by atoms with Crippen molar-refractivity contribution in [1.82, 2.24) is 4.90 Å². The number of hydrogen-bond acceptors (Lipinski definition) is 1. The fourth-order valence-electron chi connectivity index (χ4n) is 1.73. The Bertz CT molecular complexity index is 82.6. The minimum atomic E-state index is 1.01. The van der Waals surface area contributed by atoms with Gasteiger partial charge < -0.3 is 4.90 Å². The van der Waals surface area contributed by atoms with Crippen LogP contribution in [0.3, 0.4) is 0 Å². The first kappa shape index (κ1) is 7.07. The Hall–Kier alpha value is -0.0400. The van der Waals surface area contributed by atoms with Crippen molar-refractivity contribution in [1.29, 1.82) is 0 Å². The lowest BCUT2D eigenvalue weighted by atomic mass is 9.76. The predicted molar refractivity (Wildman–Crippen MR) is 40.4 cm³/mol. The summed E-state index contributed by atoms with van der Waals surface area (Å²) in [6.45, 7) is 3.64. The van der Waals surface area contributed by atoms with E-state index >= 15 is 0 Å². The van der Waals surface area contributed by atoms with Crippen LogP contribution in [0.4, 0.5) is 0 Å². The molecule has 0 unspecified atom stereocenters. The average molecular weight is 127 g/mol. The maximum Gasteiger partial charge on any atom is 0.000376 e. The summed E-state index contributed by atoms with van der Waals surface area (Å²) in [6, 6.07) is 0. The molecule has 0 aliphatic heterocycles. The SMILES string of the molecule is CC1CC(CN(C)C)C1. The van der Waals surface area contributed by atoms with Gasteiger partial charge in [0.25, 0.3) is 0 Å². The van der Waals surface area contributed by atoms with Crippen LogP contribution in [0.5, 0.6) is 0 Å². The van der Waals surface area contributed by atoms with E-state index in [1.807, 2.05) is 0 Å². The number of nitrogens with zero attached hydrogens (tertiary/aromatic N) is 1. The van der Waals surface area contributed by atoms with Crippen LogP contribution in [0.1, 0.15) is 19.8 Å². The largest absolute Gasteiger partial charge is 0.309 e. The average Bonchev–Trinajstić information content (AvgIpc) is 1.60. The third kappa shape index (κ3) is 1.98. The second-order valence-corrected chi connectivity index (χ2v) is 3.70. The van der Waals surface area contributed by atoms with Gasteiger partial charge in [0, 0.05) is 6.54 Å². The summed E-state index contributed by atoms with van der Waals surface area (Å²) in [5, 5.41) is 0. The Morgan fingerprint density at radius 1 is 1.33 bits per heavy atom. The summed E-state index contributed by atoms with van der Waals surface area (Å²) in [7, 11) is 4.31. The summed E-state index contributed by atoms with van der Waals surface area (Å²) in [6.07, 6.45) is 2.91. The Labute approximate surface area is 58.0 Å². The second kappa shape index (κ2) is 2.70. The molecule has 1 aliphatic rings. The van der Waals surface area contributed by atoms with E-state index in [1.54, 1.807) is 0 Å². The molecule has 0 aromatic heterocycles. The van der Waals surface area contributed by atoms with Gasteiger partial charge >= 0.3 is 0 Å². The van der Waals surface area contributed by atoms with Crippen LogP contribution in [-0.4, -0.2) is 25.5 Å². The molecule has 0 radical (unpaired) electrons. The third-order valence-corrected chi connectivity index (χ3v) is 2.09. The Morgan fingerprint density at radius 2 is 1.89 bits per heavy atom.